The van der Waals surface area contributed by atoms with Gasteiger partial charge in [0.05, 0.1) is 6.26 Å². The first kappa shape index (κ1) is 8.74. The fourth-order valence-corrected chi connectivity index (χ4v) is 2.32. The number of nitrogens with two attached hydrogens (primary N) is 1. The summed E-state index contributed by atoms with van der Waals surface area (Å²) >= 11 is 0. The average Bonchev–Trinajstić information content (AvgIpc) is 2.85. The maximum absolute atomic E-state index is 6.40. The Labute approximate surface area is 88.4 Å². The van der Waals surface area contributed by atoms with Crippen molar-refractivity contribution in [2.45, 2.75) is 18.4 Å². The molecule has 1 aliphatic rings. The van der Waals surface area contributed by atoms with Crippen molar-refractivity contribution < 1.29 is 4.42 Å². The molecular weight excluding hydrogens is 186 g/mol. The lowest BCUT2D eigenvalue weighted by atomic mass is 9.86. The van der Waals surface area contributed by atoms with Crippen molar-refractivity contribution in [3.63, 3.8) is 0 Å². The molecule has 2 nitrogen and oxygen atoms in total. The molecule has 1 aromatic heterocycles. The second kappa shape index (κ2) is 2.97. The minimum absolute atomic E-state index is 0.233. The lowest BCUT2D eigenvalue weighted by Crippen LogP contribution is -2.33. The van der Waals surface area contributed by atoms with E-state index in [-0.39, 0.29) is 5.54 Å². The van der Waals surface area contributed by atoms with E-state index in [0.717, 1.165) is 23.8 Å². The zero-order valence-electron chi connectivity index (χ0n) is 8.44. The fraction of sp³-hybridized carbons (Fsp3) is 0.231. The van der Waals surface area contributed by atoms with E-state index < -0.39 is 0 Å². The minimum Gasteiger partial charge on any atom is -0.464 e. The molecule has 0 spiro atoms. The lowest BCUT2D eigenvalue weighted by Gasteiger charge is -2.24. The van der Waals surface area contributed by atoms with Crippen molar-refractivity contribution in [1.82, 2.24) is 0 Å². The van der Waals surface area contributed by atoms with Crippen LogP contribution in [0.3, 0.4) is 0 Å². The normalized spacial score (nSPS) is 18.7. The smallest absolute Gasteiger partial charge is 0.134 e. The van der Waals surface area contributed by atoms with Crippen LogP contribution in [0, 0.1) is 0 Å². The molecule has 1 heterocycles. The molecular formula is C13H13NO. The van der Waals surface area contributed by atoms with Crippen LogP contribution in [0.5, 0.6) is 0 Å². The first-order valence-electron chi connectivity index (χ1n) is 5.20. The van der Waals surface area contributed by atoms with Gasteiger partial charge in [0.25, 0.3) is 0 Å². The van der Waals surface area contributed by atoms with Crippen LogP contribution in [0.4, 0.5) is 0 Å². The molecule has 2 aromatic rings. The Morgan fingerprint density at radius 2 is 1.93 bits per heavy atom. The number of hydrogen-bond donors (Lipinski definition) is 1. The topological polar surface area (TPSA) is 39.2 Å². The van der Waals surface area contributed by atoms with Gasteiger partial charge < -0.3 is 10.2 Å². The molecule has 1 aliphatic carbocycles. The Bertz CT molecular complexity index is 516. The monoisotopic (exact) mass is 199 g/mol. The van der Waals surface area contributed by atoms with Gasteiger partial charge in [-0.3, -0.25) is 0 Å². The molecule has 0 atom stereocenters. The zero-order valence-corrected chi connectivity index (χ0v) is 8.44. The third kappa shape index (κ3) is 1.22. The Morgan fingerprint density at radius 1 is 1.13 bits per heavy atom. The number of rotatable bonds is 1. The summed E-state index contributed by atoms with van der Waals surface area (Å²) in [7, 11) is 0. The molecule has 0 fully saturated rings. The Morgan fingerprint density at radius 3 is 2.73 bits per heavy atom. The van der Waals surface area contributed by atoms with E-state index in [1.807, 2.05) is 18.2 Å². The van der Waals surface area contributed by atoms with Crippen molar-refractivity contribution in [2.75, 3.05) is 0 Å². The van der Waals surface area contributed by atoms with Crippen LogP contribution in [-0.4, -0.2) is 0 Å². The van der Waals surface area contributed by atoms with Gasteiger partial charge >= 0.3 is 0 Å². The van der Waals surface area contributed by atoms with Crippen LogP contribution in [0.15, 0.2) is 47.1 Å². The summed E-state index contributed by atoms with van der Waals surface area (Å²) in [6.45, 7) is 0. The third-order valence-corrected chi connectivity index (χ3v) is 3.16. The van der Waals surface area contributed by atoms with Crippen molar-refractivity contribution in [3.8, 4) is 0 Å². The van der Waals surface area contributed by atoms with E-state index >= 15 is 0 Å². The van der Waals surface area contributed by atoms with Crippen LogP contribution >= 0.6 is 0 Å². The van der Waals surface area contributed by atoms with Crippen molar-refractivity contribution in [1.29, 1.82) is 0 Å². The summed E-state index contributed by atoms with van der Waals surface area (Å²) in [4.78, 5) is 0. The van der Waals surface area contributed by atoms with Gasteiger partial charge in [-0.1, -0.05) is 24.3 Å². The van der Waals surface area contributed by atoms with Crippen LogP contribution in [-0.2, 0) is 5.54 Å². The molecule has 0 aliphatic heterocycles. The van der Waals surface area contributed by atoms with Crippen molar-refractivity contribution in [3.05, 3.63) is 48.2 Å². The number of furan rings is 1. The summed E-state index contributed by atoms with van der Waals surface area (Å²) in [5, 5.41) is 1.14. The van der Waals surface area contributed by atoms with Gasteiger partial charge in [-0.15, -0.1) is 0 Å². The molecule has 0 saturated carbocycles. The molecule has 2 heteroatoms. The maximum atomic E-state index is 6.40. The van der Waals surface area contributed by atoms with E-state index in [2.05, 4.69) is 18.2 Å². The van der Waals surface area contributed by atoms with Crippen LogP contribution in [0.1, 0.15) is 18.4 Å². The largest absolute Gasteiger partial charge is 0.464 e. The zero-order chi connectivity index (χ0) is 10.3. The Balaban J connectivity index is 2.22. The second-order valence-electron chi connectivity index (χ2n) is 4.17. The summed E-state index contributed by atoms with van der Waals surface area (Å²) in [5.74, 6) is 0. The summed E-state index contributed by atoms with van der Waals surface area (Å²) in [5.41, 5.74) is 8.28. The van der Waals surface area contributed by atoms with Crippen LogP contribution in [0.2, 0.25) is 0 Å². The van der Waals surface area contributed by atoms with E-state index in [1.165, 1.54) is 5.56 Å². The van der Waals surface area contributed by atoms with Gasteiger partial charge in [0, 0.05) is 10.9 Å². The van der Waals surface area contributed by atoms with Gasteiger partial charge in [-0.05, 0) is 30.5 Å². The highest BCUT2D eigenvalue weighted by atomic mass is 16.3. The fourth-order valence-electron chi connectivity index (χ4n) is 2.32. The molecule has 1 aromatic carbocycles. The predicted octanol–water partition coefficient (Wildman–Crippen LogP) is 2.94. The number of fused-ring (bicyclic) bond motifs is 1. The van der Waals surface area contributed by atoms with E-state index in [4.69, 9.17) is 10.2 Å². The first-order chi connectivity index (χ1) is 7.30. The quantitative estimate of drug-likeness (QED) is 0.717. The first-order valence-corrected chi connectivity index (χ1v) is 5.20. The highest BCUT2D eigenvalue weighted by Gasteiger charge is 2.29. The summed E-state index contributed by atoms with van der Waals surface area (Å²) in [6.07, 6.45) is 7.85. The molecule has 15 heavy (non-hydrogen) atoms. The van der Waals surface area contributed by atoms with Gasteiger partial charge in [0.15, 0.2) is 0 Å². The highest BCUT2D eigenvalue weighted by Crippen LogP contribution is 2.36. The Kier molecular flexibility index (Phi) is 1.73. The van der Waals surface area contributed by atoms with Gasteiger partial charge in [-0.25, -0.2) is 0 Å². The molecule has 0 radical (unpaired) electrons. The van der Waals surface area contributed by atoms with Gasteiger partial charge in [0.2, 0.25) is 0 Å². The van der Waals surface area contributed by atoms with Gasteiger partial charge in [0.1, 0.15) is 5.58 Å². The van der Waals surface area contributed by atoms with Crippen LogP contribution < -0.4 is 5.73 Å². The minimum atomic E-state index is -0.233. The van der Waals surface area contributed by atoms with Crippen molar-refractivity contribution >= 4 is 11.0 Å². The highest BCUT2D eigenvalue weighted by molar-refractivity contribution is 5.82. The van der Waals surface area contributed by atoms with Crippen LogP contribution in [0.25, 0.3) is 11.0 Å². The number of hydrogen-bond acceptors (Lipinski definition) is 2. The maximum Gasteiger partial charge on any atom is 0.134 e. The predicted molar refractivity (Wildman–Crippen MR) is 60.5 cm³/mol. The molecule has 0 saturated heterocycles. The molecule has 0 bridgehead atoms. The second-order valence-corrected chi connectivity index (χ2v) is 4.17. The molecule has 0 unspecified atom stereocenters. The molecule has 76 valence electrons. The van der Waals surface area contributed by atoms with Crippen molar-refractivity contribution in [2.24, 2.45) is 5.73 Å². The SMILES string of the molecule is NC1(c2cccc3occc23)CC=CC1. The average molecular weight is 199 g/mol. The number of benzene rings is 1. The lowest BCUT2D eigenvalue weighted by molar-refractivity contribution is 0.484. The molecule has 2 N–H and O–H groups in total. The molecule has 0 amide bonds. The standard InChI is InChI=1S/C13H13NO/c14-13(7-1-2-8-13)11-4-3-5-12-10(11)6-9-15-12/h1-6,9H,7-8,14H2. The Hall–Kier alpha value is -1.54. The van der Waals surface area contributed by atoms with E-state index in [0.29, 0.717) is 0 Å². The third-order valence-electron chi connectivity index (χ3n) is 3.16. The molecule has 3 rings (SSSR count). The summed E-state index contributed by atoms with van der Waals surface area (Å²) in [6, 6.07) is 8.08. The van der Waals surface area contributed by atoms with E-state index in [9.17, 15) is 0 Å². The summed E-state index contributed by atoms with van der Waals surface area (Å²) < 4.78 is 5.39. The van der Waals surface area contributed by atoms with E-state index in [1.54, 1.807) is 6.26 Å². The van der Waals surface area contributed by atoms with Gasteiger partial charge in [-0.2, -0.15) is 0 Å².